The number of anilines is 2. The number of amides is 4. The molecule has 4 fully saturated rings. The average molecular weight is 911 g/mol. The number of aliphatic hydroxyl groups is 1. The number of carbonyl (C=O) groups is 6. The van der Waals surface area contributed by atoms with Gasteiger partial charge in [-0.2, -0.15) is 0 Å². The molecule has 0 radical (unpaired) electrons. The minimum atomic E-state index is -0.961. The summed E-state index contributed by atoms with van der Waals surface area (Å²) in [5.74, 6) is -1.17. The van der Waals surface area contributed by atoms with Crippen molar-refractivity contribution in [3.63, 3.8) is 0 Å². The molecule has 14 nitrogen and oxygen atoms in total. The van der Waals surface area contributed by atoms with Crippen molar-refractivity contribution >= 4 is 47.1 Å². The van der Waals surface area contributed by atoms with Crippen LogP contribution in [0.4, 0.5) is 21.0 Å². The average Bonchev–Trinajstić information content (AvgIpc) is 4.28. The molecule has 4 saturated carbocycles. The van der Waals surface area contributed by atoms with E-state index in [0.717, 1.165) is 85.0 Å². The lowest BCUT2D eigenvalue weighted by Gasteiger charge is -2.54. The molecule has 0 spiro atoms. The lowest BCUT2D eigenvalue weighted by atomic mass is 9.68. The van der Waals surface area contributed by atoms with Gasteiger partial charge in [0, 0.05) is 55.3 Å². The molecule has 6 aliphatic rings. The van der Waals surface area contributed by atoms with Gasteiger partial charge in [-0.25, -0.2) is 9.59 Å². The van der Waals surface area contributed by atoms with Crippen LogP contribution in [0.1, 0.15) is 111 Å². The summed E-state index contributed by atoms with van der Waals surface area (Å²) < 4.78 is 11.4. The molecule has 0 bridgehead atoms. The number of Topliss-reactive ketones (excluding diaryl/α,β-unsaturated/α-hetero) is 1. The molecule has 14 heteroatoms. The largest absolute Gasteiger partial charge is 0.481 e. The Bertz CT molecular complexity index is 2460. The Morgan fingerprint density at radius 3 is 1.28 bits per heavy atom. The fraction of sp³-hybridized carbons (Fsp3) is 0.434. The second kappa shape index (κ2) is 20.1. The van der Waals surface area contributed by atoms with Gasteiger partial charge in [-0.1, -0.05) is 97.1 Å². The van der Waals surface area contributed by atoms with Crippen molar-refractivity contribution in [3.05, 3.63) is 131 Å². The minimum absolute atomic E-state index is 0.00468. The fourth-order valence-electron chi connectivity index (χ4n) is 10.6. The fourth-order valence-corrected chi connectivity index (χ4v) is 10.6. The molecule has 6 atom stereocenters. The number of hydrogen-bond acceptors (Lipinski definition) is 9. The van der Waals surface area contributed by atoms with Crippen LogP contribution in [0.25, 0.3) is 0 Å². The normalized spacial score (nSPS) is 22.9. The van der Waals surface area contributed by atoms with Gasteiger partial charge in [-0.05, 0) is 85.8 Å². The van der Waals surface area contributed by atoms with Gasteiger partial charge in [0.2, 0.25) is 11.8 Å². The lowest BCUT2D eigenvalue weighted by molar-refractivity contribution is -0.143. The van der Waals surface area contributed by atoms with E-state index in [1.807, 2.05) is 119 Å². The van der Waals surface area contributed by atoms with Gasteiger partial charge in [-0.15, -0.1) is 0 Å². The van der Waals surface area contributed by atoms with Crippen LogP contribution in [0.3, 0.4) is 0 Å². The zero-order valence-electron chi connectivity index (χ0n) is 37.6. The van der Waals surface area contributed by atoms with Crippen molar-refractivity contribution in [2.24, 2.45) is 11.8 Å². The summed E-state index contributed by atoms with van der Waals surface area (Å²) in [7, 11) is 0. The molecule has 2 heterocycles. The molecule has 10 rings (SSSR count). The number of ether oxygens (including phenoxy) is 2. The Morgan fingerprint density at radius 1 is 0.507 bits per heavy atom. The molecule has 4 aromatic carbocycles. The van der Waals surface area contributed by atoms with Crippen molar-refractivity contribution in [1.82, 2.24) is 9.80 Å². The third-order valence-corrected chi connectivity index (χ3v) is 14.3. The summed E-state index contributed by atoms with van der Waals surface area (Å²) in [6.07, 6.45) is 6.65. The van der Waals surface area contributed by atoms with E-state index in [1.54, 1.807) is 9.80 Å². The molecule has 4 amide bonds. The van der Waals surface area contributed by atoms with E-state index in [0.29, 0.717) is 0 Å². The molecule has 2 aliphatic heterocycles. The first-order valence-corrected chi connectivity index (χ1v) is 23.8. The number of carboxylic acids is 1. The number of carbonyl (C=O) groups excluding carboxylic acids is 5. The van der Waals surface area contributed by atoms with Crippen LogP contribution >= 0.6 is 0 Å². The first-order valence-electron chi connectivity index (χ1n) is 23.8. The summed E-state index contributed by atoms with van der Waals surface area (Å²) in [5.41, 5.74) is 5.38. The summed E-state index contributed by atoms with van der Waals surface area (Å²) in [6, 6.07) is 34.8. The second-order valence-electron chi connectivity index (χ2n) is 18.6. The number of rotatable bonds is 15. The van der Waals surface area contributed by atoms with E-state index in [2.05, 4.69) is 0 Å². The highest BCUT2D eigenvalue weighted by molar-refractivity contribution is 5.93. The molecule has 350 valence electrons. The number of aliphatic hydroxyl groups excluding tert-OH is 1. The maximum absolute atomic E-state index is 13.3. The van der Waals surface area contributed by atoms with Crippen molar-refractivity contribution in [2.45, 2.75) is 127 Å². The number of nitrogens with zero attached hydrogens (tertiary/aromatic N) is 4. The van der Waals surface area contributed by atoms with Gasteiger partial charge in [0.15, 0.2) is 5.78 Å². The topological polar surface area (TPSA) is 174 Å². The number of hydrogen-bond donors (Lipinski definition) is 2. The molecule has 67 heavy (non-hydrogen) atoms. The molecular weight excluding hydrogens is 853 g/mol. The Kier molecular flexibility index (Phi) is 13.7. The Morgan fingerprint density at radius 2 is 0.910 bits per heavy atom. The van der Waals surface area contributed by atoms with Crippen LogP contribution < -0.4 is 9.80 Å². The van der Waals surface area contributed by atoms with E-state index in [4.69, 9.17) is 19.7 Å². The first-order chi connectivity index (χ1) is 32.6. The summed E-state index contributed by atoms with van der Waals surface area (Å²) in [6.45, 7) is -0.112. The predicted octanol–water partition coefficient (Wildman–Crippen LogP) is 8.51. The number of benzene rings is 4. The minimum Gasteiger partial charge on any atom is -0.481 e. The van der Waals surface area contributed by atoms with Crippen LogP contribution in [0.15, 0.2) is 109 Å². The van der Waals surface area contributed by atoms with Gasteiger partial charge in [-0.3, -0.25) is 29.0 Å². The number of carboxylic acid groups (broad SMARTS) is 1. The van der Waals surface area contributed by atoms with Crippen LogP contribution in [0, 0.1) is 11.8 Å². The number of aliphatic carboxylic acids is 1. The van der Waals surface area contributed by atoms with Crippen LogP contribution in [-0.2, 0) is 41.9 Å². The summed E-state index contributed by atoms with van der Waals surface area (Å²) in [4.78, 5) is 83.1. The number of fused-ring (bicyclic) bond motifs is 4. The molecule has 0 saturated heterocycles. The van der Waals surface area contributed by atoms with Crippen LogP contribution in [0.2, 0.25) is 0 Å². The molecular formula is C53H58N4O10. The highest BCUT2D eigenvalue weighted by Gasteiger charge is 2.55. The van der Waals surface area contributed by atoms with E-state index in [1.165, 1.54) is 0 Å². The predicted molar refractivity (Wildman–Crippen MR) is 248 cm³/mol. The van der Waals surface area contributed by atoms with Crippen LogP contribution in [-0.4, -0.2) is 86.5 Å². The Labute approximate surface area is 390 Å². The van der Waals surface area contributed by atoms with Crippen molar-refractivity contribution in [3.8, 4) is 0 Å². The molecule has 0 aromatic heterocycles. The zero-order valence-corrected chi connectivity index (χ0v) is 37.6. The molecule has 6 unspecified atom stereocenters. The lowest BCUT2D eigenvalue weighted by Crippen LogP contribution is -2.59. The van der Waals surface area contributed by atoms with Gasteiger partial charge in [0.1, 0.15) is 19.8 Å². The van der Waals surface area contributed by atoms with Crippen molar-refractivity contribution in [1.29, 1.82) is 0 Å². The zero-order chi connectivity index (χ0) is 46.6. The molecule has 2 N–H and O–H groups in total. The highest BCUT2D eigenvalue weighted by Crippen LogP contribution is 2.56. The third-order valence-electron chi connectivity index (χ3n) is 14.3. The van der Waals surface area contributed by atoms with Gasteiger partial charge >= 0.3 is 18.2 Å². The molecule has 4 aliphatic carbocycles. The van der Waals surface area contributed by atoms with Crippen molar-refractivity contribution < 1.29 is 48.5 Å². The Hall–Kier alpha value is -6.54. The maximum Gasteiger partial charge on any atom is 0.414 e. The molecule has 4 aromatic rings. The van der Waals surface area contributed by atoms with Gasteiger partial charge in [0.25, 0.3) is 0 Å². The maximum atomic E-state index is 13.3. The quantitative estimate of drug-likeness (QED) is 0.118. The monoisotopic (exact) mass is 910 g/mol. The van der Waals surface area contributed by atoms with E-state index >= 15 is 0 Å². The summed E-state index contributed by atoms with van der Waals surface area (Å²) >= 11 is 0. The van der Waals surface area contributed by atoms with E-state index in [-0.39, 0.29) is 117 Å². The SMILES string of the molecule is O=C(CO)CCC(=O)N(C1CC1)C1c2ccccc2N(C(=O)OCc2ccccc2)C2CCC21.O=C(O)CCC(=O)N(C1CC1)C1c2ccccc2N(C(=O)OCc2ccccc2)C2CCC21. The highest BCUT2D eigenvalue weighted by atomic mass is 16.6. The van der Waals surface area contributed by atoms with Crippen LogP contribution in [0.5, 0.6) is 0 Å². The number of ketones is 1. The van der Waals surface area contributed by atoms with Gasteiger partial charge in [0.05, 0.1) is 29.9 Å². The first kappa shape index (κ1) is 45.6. The van der Waals surface area contributed by atoms with Crippen molar-refractivity contribution in [2.75, 3.05) is 16.4 Å². The van der Waals surface area contributed by atoms with E-state index in [9.17, 15) is 28.8 Å². The smallest absolute Gasteiger partial charge is 0.414 e. The standard InChI is InChI=1S/C27H30N2O5.C26H28N2O5/c30-16-20(31)12-15-25(32)28(19-10-11-19)26-21-8-4-5-9-23(21)29(24-14-13-22(24)26)27(33)34-17-18-6-2-1-3-7-18;29-23(14-15-24(30)31)27(18-10-11-18)25-19-8-4-5-9-21(19)28(22-13-12-20(22)25)26(32)33-16-17-6-2-1-3-7-17/h1-9,19,22,24,26,30H,10-17H2;1-9,18,20,22,25H,10-16H2,(H,30,31). The van der Waals surface area contributed by atoms with Gasteiger partial charge < -0.3 is 29.5 Å². The summed E-state index contributed by atoms with van der Waals surface area (Å²) in [5, 5.41) is 18.1. The Balaban J connectivity index is 0.000000168. The second-order valence-corrected chi connectivity index (χ2v) is 18.6. The third kappa shape index (κ3) is 9.81. The van der Waals surface area contributed by atoms with E-state index < -0.39 is 12.6 Å². The number of para-hydroxylation sites is 2.